The molecular weight excluding hydrogens is 232 g/mol. The standard InChI is InChI=1S/C12H14N4S/c1-2-5-11-10(4-1)14-12(17-11)15-13-6-3-7-16-8-9-16/h1-2,4-6H,3,7-9H2,(H,14,15)/b13-6+. The smallest absolute Gasteiger partial charge is 0.204 e. The Bertz CT molecular complexity index is 497. The van der Waals surface area contributed by atoms with Crippen LogP contribution in [0.3, 0.4) is 0 Å². The molecule has 0 bridgehead atoms. The van der Waals surface area contributed by atoms with E-state index < -0.39 is 0 Å². The summed E-state index contributed by atoms with van der Waals surface area (Å²) in [6.45, 7) is 3.61. The molecule has 1 aliphatic rings. The zero-order valence-corrected chi connectivity index (χ0v) is 10.3. The second-order valence-corrected chi connectivity index (χ2v) is 5.07. The quantitative estimate of drug-likeness (QED) is 0.500. The summed E-state index contributed by atoms with van der Waals surface area (Å²) in [6, 6.07) is 8.11. The van der Waals surface area contributed by atoms with Gasteiger partial charge in [-0.15, -0.1) is 0 Å². The predicted molar refractivity (Wildman–Crippen MR) is 72.8 cm³/mol. The van der Waals surface area contributed by atoms with Gasteiger partial charge in [-0.05, 0) is 18.6 Å². The zero-order valence-electron chi connectivity index (χ0n) is 9.47. The third kappa shape index (κ3) is 2.81. The van der Waals surface area contributed by atoms with Crippen molar-refractivity contribution in [3.63, 3.8) is 0 Å². The van der Waals surface area contributed by atoms with E-state index >= 15 is 0 Å². The van der Waals surface area contributed by atoms with Crippen molar-refractivity contribution in [2.24, 2.45) is 5.10 Å². The van der Waals surface area contributed by atoms with Crippen molar-refractivity contribution in [3.05, 3.63) is 24.3 Å². The Morgan fingerprint density at radius 3 is 3.12 bits per heavy atom. The van der Waals surface area contributed by atoms with Gasteiger partial charge in [-0.25, -0.2) is 4.98 Å². The molecule has 88 valence electrons. The van der Waals surface area contributed by atoms with Crippen LogP contribution in [0.25, 0.3) is 10.2 Å². The van der Waals surface area contributed by atoms with Gasteiger partial charge in [0.25, 0.3) is 0 Å². The lowest BCUT2D eigenvalue weighted by Crippen LogP contribution is -1.99. The number of thiazole rings is 1. The first kappa shape index (κ1) is 10.7. The van der Waals surface area contributed by atoms with Gasteiger partial charge in [0.2, 0.25) is 5.13 Å². The molecule has 5 heteroatoms. The average Bonchev–Trinajstić information content (AvgIpc) is 3.07. The molecule has 2 heterocycles. The summed E-state index contributed by atoms with van der Waals surface area (Å²) in [7, 11) is 0. The molecule has 1 saturated heterocycles. The van der Waals surface area contributed by atoms with E-state index in [1.807, 2.05) is 24.4 Å². The Hall–Kier alpha value is -1.46. The van der Waals surface area contributed by atoms with Gasteiger partial charge >= 0.3 is 0 Å². The van der Waals surface area contributed by atoms with Gasteiger partial charge in [0, 0.05) is 25.8 Å². The number of rotatable bonds is 5. The largest absolute Gasteiger partial charge is 0.300 e. The van der Waals surface area contributed by atoms with E-state index in [1.165, 1.54) is 17.8 Å². The second kappa shape index (κ2) is 4.81. The number of fused-ring (bicyclic) bond motifs is 1. The average molecular weight is 246 g/mol. The molecule has 2 aromatic rings. The van der Waals surface area contributed by atoms with Gasteiger partial charge in [0.05, 0.1) is 10.2 Å². The number of hydrogen-bond donors (Lipinski definition) is 1. The normalized spacial score (nSPS) is 15.8. The first-order valence-corrected chi connectivity index (χ1v) is 6.59. The minimum absolute atomic E-state index is 0.856. The number of nitrogens with zero attached hydrogens (tertiary/aromatic N) is 3. The Balaban J connectivity index is 1.56. The van der Waals surface area contributed by atoms with E-state index in [0.29, 0.717) is 0 Å². The van der Waals surface area contributed by atoms with Crippen LogP contribution in [0.5, 0.6) is 0 Å². The van der Waals surface area contributed by atoms with Crippen LogP contribution in [0.4, 0.5) is 5.13 Å². The zero-order chi connectivity index (χ0) is 11.5. The number of hydrazone groups is 1. The first-order valence-electron chi connectivity index (χ1n) is 5.77. The van der Waals surface area contributed by atoms with Crippen LogP contribution in [0, 0.1) is 0 Å². The van der Waals surface area contributed by atoms with Crippen LogP contribution in [0.1, 0.15) is 6.42 Å². The lowest BCUT2D eigenvalue weighted by Gasteiger charge is -1.94. The molecule has 17 heavy (non-hydrogen) atoms. The van der Waals surface area contributed by atoms with Gasteiger partial charge in [-0.2, -0.15) is 5.10 Å². The van der Waals surface area contributed by atoms with Crippen LogP contribution < -0.4 is 5.43 Å². The monoisotopic (exact) mass is 246 g/mol. The Labute approximate surface area is 104 Å². The summed E-state index contributed by atoms with van der Waals surface area (Å²) in [6.07, 6.45) is 2.92. The van der Waals surface area contributed by atoms with Crippen molar-refractivity contribution in [3.8, 4) is 0 Å². The molecule has 0 aliphatic carbocycles. The molecule has 0 atom stereocenters. The van der Waals surface area contributed by atoms with E-state index in [2.05, 4.69) is 26.5 Å². The lowest BCUT2D eigenvalue weighted by atomic mass is 10.3. The summed E-state index contributed by atoms with van der Waals surface area (Å²) in [5.41, 5.74) is 4.01. The van der Waals surface area contributed by atoms with E-state index in [0.717, 1.165) is 23.6 Å². The van der Waals surface area contributed by atoms with Gasteiger partial charge in [-0.1, -0.05) is 23.5 Å². The first-order chi connectivity index (χ1) is 8.42. The van der Waals surface area contributed by atoms with Crippen molar-refractivity contribution >= 4 is 32.9 Å². The van der Waals surface area contributed by atoms with E-state index in [9.17, 15) is 0 Å². The van der Waals surface area contributed by atoms with Crippen molar-refractivity contribution in [1.29, 1.82) is 0 Å². The number of hydrogen-bond acceptors (Lipinski definition) is 5. The highest BCUT2D eigenvalue weighted by molar-refractivity contribution is 7.22. The maximum atomic E-state index is 4.44. The van der Waals surface area contributed by atoms with Crippen molar-refractivity contribution in [2.75, 3.05) is 25.1 Å². The predicted octanol–water partition coefficient (Wildman–Crippen LogP) is 2.40. The number of anilines is 1. The minimum atomic E-state index is 0.856. The van der Waals surface area contributed by atoms with Gasteiger partial charge in [0.1, 0.15) is 0 Å². The van der Waals surface area contributed by atoms with Crippen LogP contribution in [0.2, 0.25) is 0 Å². The molecule has 0 spiro atoms. The summed E-state index contributed by atoms with van der Waals surface area (Å²) in [5, 5.41) is 5.04. The molecule has 4 nitrogen and oxygen atoms in total. The maximum Gasteiger partial charge on any atom is 0.204 e. The minimum Gasteiger partial charge on any atom is -0.300 e. The highest BCUT2D eigenvalue weighted by Crippen LogP contribution is 2.25. The second-order valence-electron chi connectivity index (χ2n) is 4.04. The van der Waals surface area contributed by atoms with E-state index in [4.69, 9.17) is 0 Å². The Morgan fingerprint density at radius 2 is 2.29 bits per heavy atom. The molecule has 0 unspecified atom stereocenters. The molecule has 3 rings (SSSR count). The molecule has 0 amide bonds. The number of nitrogens with one attached hydrogen (secondary N) is 1. The van der Waals surface area contributed by atoms with Crippen LogP contribution in [-0.4, -0.2) is 35.7 Å². The molecule has 0 saturated carbocycles. The van der Waals surface area contributed by atoms with Crippen molar-refractivity contribution in [2.45, 2.75) is 6.42 Å². The third-order valence-corrected chi connectivity index (χ3v) is 3.60. The maximum absolute atomic E-state index is 4.44. The summed E-state index contributed by atoms with van der Waals surface area (Å²) in [5.74, 6) is 0. The Kier molecular flexibility index (Phi) is 3.02. The third-order valence-electron chi connectivity index (χ3n) is 2.66. The van der Waals surface area contributed by atoms with Crippen molar-refractivity contribution < 1.29 is 0 Å². The molecular formula is C12H14N4S. The molecule has 1 aromatic heterocycles. The number of aromatic nitrogens is 1. The van der Waals surface area contributed by atoms with Crippen molar-refractivity contribution in [1.82, 2.24) is 9.88 Å². The summed E-state index contributed by atoms with van der Waals surface area (Å²) < 4.78 is 1.19. The topological polar surface area (TPSA) is 40.3 Å². The highest BCUT2D eigenvalue weighted by Gasteiger charge is 2.14. The van der Waals surface area contributed by atoms with E-state index in [1.54, 1.807) is 11.3 Å². The van der Waals surface area contributed by atoms with Gasteiger partial charge in [0.15, 0.2) is 0 Å². The molecule has 0 radical (unpaired) electrons. The lowest BCUT2D eigenvalue weighted by molar-refractivity contribution is 0.577. The van der Waals surface area contributed by atoms with E-state index in [-0.39, 0.29) is 0 Å². The summed E-state index contributed by atoms with van der Waals surface area (Å²) >= 11 is 1.63. The van der Waals surface area contributed by atoms with Gasteiger partial charge in [-0.3, -0.25) is 5.43 Å². The molecule has 1 fully saturated rings. The molecule has 1 N–H and O–H groups in total. The fourth-order valence-corrected chi connectivity index (χ4v) is 2.44. The van der Waals surface area contributed by atoms with Crippen LogP contribution in [-0.2, 0) is 0 Å². The molecule has 1 aromatic carbocycles. The van der Waals surface area contributed by atoms with Crippen LogP contribution in [0.15, 0.2) is 29.4 Å². The number of para-hydroxylation sites is 1. The fraction of sp³-hybridized carbons (Fsp3) is 0.333. The fourth-order valence-electron chi connectivity index (χ4n) is 1.62. The van der Waals surface area contributed by atoms with Crippen LogP contribution >= 0.6 is 11.3 Å². The molecule has 1 aliphatic heterocycles. The Morgan fingerprint density at radius 1 is 1.41 bits per heavy atom. The highest BCUT2D eigenvalue weighted by atomic mass is 32.1. The number of benzene rings is 1. The SMILES string of the molecule is C(/CCN1CC1)=N\Nc1nc2ccccc2s1. The summed E-state index contributed by atoms with van der Waals surface area (Å²) in [4.78, 5) is 6.82. The van der Waals surface area contributed by atoms with Gasteiger partial charge < -0.3 is 4.90 Å².